The lowest BCUT2D eigenvalue weighted by Gasteiger charge is -2.07. The second-order valence-corrected chi connectivity index (χ2v) is 2.48. The predicted octanol–water partition coefficient (Wildman–Crippen LogP) is 2.97. The van der Waals surface area contributed by atoms with E-state index in [1.54, 1.807) is 0 Å². The monoisotopic (exact) mass is 184 g/mol. The van der Waals surface area contributed by atoms with Crippen molar-refractivity contribution in [3.8, 4) is 5.75 Å². The van der Waals surface area contributed by atoms with Crippen LogP contribution in [0.2, 0.25) is 0 Å². The summed E-state index contributed by atoms with van der Waals surface area (Å²) in [6.07, 6.45) is 0.266. The fraction of sp³-hybridized carbons (Fsp3) is 0.400. The van der Waals surface area contributed by atoms with Crippen LogP contribution in [-0.4, -0.2) is 12.8 Å². The summed E-state index contributed by atoms with van der Waals surface area (Å²) in [5.41, 5.74) is 0. The van der Waals surface area contributed by atoms with Crippen molar-refractivity contribution in [3.05, 3.63) is 30.3 Å². The summed E-state index contributed by atoms with van der Waals surface area (Å²) in [4.78, 5) is 0. The molecule has 0 radical (unpaired) electrons. The summed E-state index contributed by atoms with van der Waals surface area (Å²) in [5.74, 6) is 0.942. The Labute approximate surface area is 77.3 Å². The SMILES string of the molecule is CC(C)Oc1ccccc1.CP. The first-order chi connectivity index (χ1) is 5.79. The second kappa shape index (κ2) is 7.12. The molecular formula is C10H17OP. The van der Waals surface area contributed by atoms with Crippen LogP contribution in [0.3, 0.4) is 0 Å². The van der Waals surface area contributed by atoms with Gasteiger partial charge in [0.05, 0.1) is 6.10 Å². The molecule has 1 nitrogen and oxygen atoms in total. The predicted molar refractivity (Wildman–Crippen MR) is 57.8 cm³/mol. The molecule has 1 aromatic carbocycles. The molecule has 1 aromatic rings. The van der Waals surface area contributed by atoms with E-state index >= 15 is 0 Å². The van der Waals surface area contributed by atoms with Crippen molar-refractivity contribution < 1.29 is 4.74 Å². The Morgan fingerprint density at radius 1 is 1.08 bits per heavy atom. The van der Waals surface area contributed by atoms with Crippen LogP contribution in [-0.2, 0) is 0 Å². The lowest BCUT2D eigenvalue weighted by Crippen LogP contribution is -2.04. The van der Waals surface area contributed by atoms with Crippen LogP contribution in [0.1, 0.15) is 13.8 Å². The van der Waals surface area contributed by atoms with Crippen LogP contribution in [0.4, 0.5) is 0 Å². The van der Waals surface area contributed by atoms with Crippen LogP contribution in [0.25, 0.3) is 0 Å². The molecule has 0 aliphatic heterocycles. The molecule has 0 saturated heterocycles. The third kappa shape index (κ3) is 5.15. The van der Waals surface area contributed by atoms with E-state index in [2.05, 4.69) is 9.24 Å². The van der Waals surface area contributed by atoms with E-state index < -0.39 is 0 Å². The van der Waals surface area contributed by atoms with Crippen LogP contribution in [0, 0.1) is 0 Å². The fourth-order valence-corrected chi connectivity index (χ4v) is 0.771. The Morgan fingerprint density at radius 3 is 2.00 bits per heavy atom. The maximum absolute atomic E-state index is 5.41. The number of hydrogen-bond acceptors (Lipinski definition) is 1. The molecule has 0 saturated carbocycles. The van der Waals surface area contributed by atoms with Gasteiger partial charge in [-0.15, -0.1) is 9.24 Å². The van der Waals surface area contributed by atoms with Gasteiger partial charge in [-0.25, -0.2) is 0 Å². The molecule has 0 spiro atoms. The van der Waals surface area contributed by atoms with Crippen molar-refractivity contribution in [1.29, 1.82) is 0 Å². The van der Waals surface area contributed by atoms with Crippen molar-refractivity contribution in [2.75, 3.05) is 6.66 Å². The molecular weight excluding hydrogens is 167 g/mol. The lowest BCUT2D eigenvalue weighted by molar-refractivity contribution is 0.242. The first-order valence-corrected chi connectivity index (χ1v) is 5.24. The Kier molecular flexibility index (Phi) is 6.79. The maximum Gasteiger partial charge on any atom is 0.119 e. The molecule has 68 valence electrons. The Morgan fingerprint density at radius 2 is 1.58 bits per heavy atom. The summed E-state index contributed by atoms with van der Waals surface area (Å²) in [6.45, 7) is 5.96. The van der Waals surface area contributed by atoms with Gasteiger partial charge in [0.2, 0.25) is 0 Å². The summed E-state index contributed by atoms with van der Waals surface area (Å²) in [7, 11) is 2.42. The highest BCUT2D eigenvalue weighted by Gasteiger charge is 1.92. The Balaban J connectivity index is 0.000000561. The van der Waals surface area contributed by atoms with Crippen LogP contribution in [0.5, 0.6) is 5.75 Å². The molecule has 1 unspecified atom stereocenters. The Bertz CT molecular complexity index is 184. The minimum Gasteiger partial charge on any atom is -0.491 e. The molecule has 1 atom stereocenters. The van der Waals surface area contributed by atoms with Crippen molar-refractivity contribution >= 4 is 9.24 Å². The average Bonchev–Trinajstić information content (AvgIpc) is 2.08. The van der Waals surface area contributed by atoms with Crippen molar-refractivity contribution in [1.82, 2.24) is 0 Å². The molecule has 0 fully saturated rings. The van der Waals surface area contributed by atoms with E-state index in [0.29, 0.717) is 0 Å². The van der Waals surface area contributed by atoms with E-state index in [0.717, 1.165) is 5.75 Å². The first-order valence-electron chi connectivity index (χ1n) is 4.08. The number of benzene rings is 1. The summed E-state index contributed by atoms with van der Waals surface area (Å²) < 4.78 is 5.41. The molecule has 0 amide bonds. The van der Waals surface area contributed by atoms with Gasteiger partial charge in [0, 0.05) is 0 Å². The number of para-hydroxylation sites is 1. The van der Waals surface area contributed by atoms with Crippen molar-refractivity contribution in [2.24, 2.45) is 0 Å². The smallest absolute Gasteiger partial charge is 0.119 e. The second-order valence-electron chi connectivity index (χ2n) is 2.48. The quantitative estimate of drug-likeness (QED) is 0.642. The highest BCUT2D eigenvalue weighted by molar-refractivity contribution is 7.15. The van der Waals surface area contributed by atoms with E-state index in [9.17, 15) is 0 Å². The largest absolute Gasteiger partial charge is 0.491 e. The van der Waals surface area contributed by atoms with Crippen LogP contribution >= 0.6 is 9.24 Å². The number of ether oxygens (including phenoxy) is 1. The van der Waals surface area contributed by atoms with Crippen LogP contribution in [0.15, 0.2) is 30.3 Å². The van der Waals surface area contributed by atoms with Gasteiger partial charge in [0.25, 0.3) is 0 Å². The highest BCUT2D eigenvalue weighted by atomic mass is 31.0. The molecule has 1 rings (SSSR count). The standard InChI is InChI=1S/C9H12O.CH5P/c1-8(2)10-9-6-4-3-5-7-9;1-2/h3-8H,1-2H3;2H2,1H3. The zero-order valence-electron chi connectivity index (χ0n) is 7.95. The molecule has 0 aliphatic rings. The molecule has 12 heavy (non-hydrogen) atoms. The van der Waals surface area contributed by atoms with Gasteiger partial charge in [0.15, 0.2) is 0 Å². The normalized spacial score (nSPS) is 8.75. The van der Waals surface area contributed by atoms with Gasteiger partial charge >= 0.3 is 0 Å². The first kappa shape index (κ1) is 11.4. The number of rotatable bonds is 2. The fourth-order valence-electron chi connectivity index (χ4n) is 0.771. The molecule has 0 N–H and O–H groups in total. The lowest BCUT2D eigenvalue weighted by atomic mass is 10.3. The molecule has 0 bridgehead atoms. The summed E-state index contributed by atoms with van der Waals surface area (Å²) >= 11 is 0. The third-order valence-corrected chi connectivity index (χ3v) is 1.11. The average molecular weight is 184 g/mol. The van der Waals surface area contributed by atoms with Gasteiger partial charge < -0.3 is 4.74 Å². The van der Waals surface area contributed by atoms with Gasteiger partial charge in [-0.2, -0.15) is 0 Å². The van der Waals surface area contributed by atoms with E-state index in [1.807, 2.05) is 50.8 Å². The summed E-state index contributed by atoms with van der Waals surface area (Å²) in [6, 6.07) is 9.84. The molecule has 0 aromatic heterocycles. The topological polar surface area (TPSA) is 9.23 Å². The molecule has 2 heteroatoms. The summed E-state index contributed by atoms with van der Waals surface area (Å²) in [5, 5.41) is 0. The van der Waals surface area contributed by atoms with Gasteiger partial charge in [-0.3, -0.25) is 0 Å². The van der Waals surface area contributed by atoms with Gasteiger partial charge in [0.1, 0.15) is 5.75 Å². The van der Waals surface area contributed by atoms with E-state index in [-0.39, 0.29) is 6.10 Å². The van der Waals surface area contributed by atoms with Gasteiger partial charge in [-0.1, -0.05) is 24.9 Å². The Hall–Kier alpha value is -0.550. The maximum atomic E-state index is 5.41. The zero-order chi connectivity index (χ0) is 9.40. The van der Waals surface area contributed by atoms with Gasteiger partial charge in [-0.05, 0) is 26.0 Å². The zero-order valence-corrected chi connectivity index (χ0v) is 9.10. The van der Waals surface area contributed by atoms with Crippen molar-refractivity contribution in [3.63, 3.8) is 0 Å². The number of hydrogen-bond donors (Lipinski definition) is 0. The minimum atomic E-state index is 0.266. The van der Waals surface area contributed by atoms with Crippen LogP contribution < -0.4 is 4.74 Å². The molecule has 0 aliphatic carbocycles. The van der Waals surface area contributed by atoms with E-state index in [4.69, 9.17) is 4.74 Å². The minimum absolute atomic E-state index is 0.266. The third-order valence-electron chi connectivity index (χ3n) is 1.11. The van der Waals surface area contributed by atoms with Crippen molar-refractivity contribution in [2.45, 2.75) is 20.0 Å². The highest BCUT2D eigenvalue weighted by Crippen LogP contribution is 2.09. The van der Waals surface area contributed by atoms with E-state index in [1.165, 1.54) is 0 Å². The molecule has 0 heterocycles.